The second kappa shape index (κ2) is 9.95. The molecule has 1 heterocycles. The van der Waals surface area contributed by atoms with E-state index in [1.807, 2.05) is 0 Å². The molecule has 0 aliphatic carbocycles. The third-order valence-corrected chi connectivity index (χ3v) is 3.43. The van der Waals surface area contributed by atoms with Crippen LogP contribution in [0, 0.1) is 0 Å². The summed E-state index contributed by atoms with van der Waals surface area (Å²) in [6.45, 7) is 0.239. The molecule has 1 aromatic carbocycles. The number of methoxy groups -OCH3 is 3. The molecule has 0 bridgehead atoms. The third-order valence-electron chi connectivity index (χ3n) is 3.43. The Kier molecular flexibility index (Phi) is 7.36. The molecular weight excluding hydrogens is 356 g/mol. The first-order valence-electron chi connectivity index (χ1n) is 8.04. The fraction of sp³-hybridized carbons (Fsp3) is 0.333. The first-order chi connectivity index (χ1) is 13.1. The lowest BCUT2D eigenvalue weighted by molar-refractivity contribution is -0.140. The monoisotopic (exact) mass is 376 g/mol. The lowest BCUT2D eigenvalue weighted by atomic mass is 10.2. The molecule has 0 aliphatic rings. The summed E-state index contributed by atoms with van der Waals surface area (Å²) in [4.78, 5) is 30.8. The standard InChI is InChI=1S/C18H20N2O7/c1-23-15-10-16(24-2)20-18(19-15)27-14-7-4-6-13(12(14)11-21)26-9-5-8-17(22)25-3/h4,6-7,10-11H,5,8-9H2,1-3H3. The quantitative estimate of drug-likeness (QED) is 0.351. The zero-order chi connectivity index (χ0) is 19.6. The van der Waals surface area contributed by atoms with Crippen molar-refractivity contribution >= 4 is 12.3 Å². The van der Waals surface area contributed by atoms with E-state index in [9.17, 15) is 9.59 Å². The van der Waals surface area contributed by atoms with E-state index in [2.05, 4.69) is 14.7 Å². The maximum Gasteiger partial charge on any atom is 0.328 e. The summed E-state index contributed by atoms with van der Waals surface area (Å²) in [5.74, 6) is 0.711. The number of aromatic nitrogens is 2. The summed E-state index contributed by atoms with van der Waals surface area (Å²) in [6, 6.07) is 6.32. The molecule has 0 N–H and O–H groups in total. The Balaban J connectivity index is 2.16. The van der Waals surface area contributed by atoms with Gasteiger partial charge in [-0.1, -0.05) is 6.07 Å². The number of aldehydes is 1. The first kappa shape index (κ1) is 20.0. The van der Waals surface area contributed by atoms with Crippen molar-refractivity contribution < 1.29 is 33.3 Å². The Morgan fingerprint density at radius 2 is 1.74 bits per heavy atom. The minimum absolute atomic E-state index is 0.0443. The maximum absolute atomic E-state index is 11.5. The van der Waals surface area contributed by atoms with Crippen LogP contribution in [-0.2, 0) is 9.53 Å². The Bertz CT molecular complexity index is 773. The van der Waals surface area contributed by atoms with Crippen LogP contribution in [-0.4, -0.2) is 50.2 Å². The molecule has 0 spiro atoms. The minimum atomic E-state index is -0.324. The largest absolute Gasteiger partial charge is 0.493 e. The van der Waals surface area contributed by atoms with Crippen molar-refractivity contribution in [1.82, 2.24) is 9.97 Å². The predicted molar refractivity (Wildman–Crippen MR) is 93.8 cm³/mol. The van der Waals surface area contributed by atoms with Gasteiger partial charge in [-0.15, -0.1) is 0 Å². The van der Waals surface area contributed by atoms with E-state index >= 15 is 0 Å². The van der Waals surface area contributed by atoms with Crippen molar-refractivity contribution in [3.63, 3.8) is 0 Å². The molecule has 0 saturated heterocycles. The highest BCUT2D eigenvalue weighted by molar-refractivity contribution is 5.83. The van der Waals surface area contributed by atoms with E-state index in [0.29, 0.717) is 18.5 Å². The average molecular weight is 376 g/mol. The second-order valence-electron chi connectivity index (χ2n) is 5.15. The van der Waals surface area contributed by atoms with Crippen molar-refractivity contribution in [2.45, 2.75) is 12.8 Å². The van der Waals surface area contributed by atoms with Crippen LogP contribution < -0.4 is 18.9 Å². The number of nitrogens with zero attached hydrogens (tertiary/aromatic N) is 2. The van der Waals surface area contributed by atoms with Gasteiger partial charge in [0, 0.05) is 6.42 Å². The molecule has 9 nitrogen and oxygen atoms in total. The highest BCUT2D eigenvalue weighted by Gasteiger charge is 2.14. The molecule has 27 heavy (non-hydrogen) atoms. The van der Waals surface area contributed by atoms with E-state index in [0.717, 1.165) is 0 Å². The van der Waals surface area contributed by atoms with Gasteiger partial charge < -0.3 is 23.7 Å². The van der Waals surface area contributed by atoms with Crippen molar-refractivity contribution in [2.24, 2.45) is 0 Å². The van der Waals surface area contributed by atoms with E-state index in [-0.39, 0.29) is 48.1 Å². The van der Waals surface area contributed by atoms with Gasteiger partial charge in [0.25, 0.3) is 0 Å². The summed E-state index contributed by atoms with van der Waals surface area (Å²) in [5.41, 5.74) is 0.195. The number of esters is 1. The zero-order valence-electron chi connectivity index (χ0n) is 15.3. The van der Waals surface area contributed by atoms with Gasteiger partial charge >= 0.3 is 12.0 Å². The number of rotatable bonds is 10. The van der Waals surface area contributed by atoms with Crippen LogP contribution >= 0.6 is 0 Å². The molecule has 0 radical (unpaired) electrons. The number of hydrogen-bond donors (Lipinski definition) is 0. The molecule has 0 aliphatic heterocycles. The minimum Gasteiger partial charge on any atom is -0.493 e. The molecule has 0 atom stereocenters. The first-order valence-corrected chi connectivity index (χ1v) is 8.04. The van der Waals surface area contributed by atoms with E-state index in [1.54, 1.807) is 18.2 Å². The molecular formula is C18H20N2O7. The lowest BCUT2D eigenvalue weighted by Gasteiger charge is -2.12. The number of carbonyl (C=O) groups is 2. The second-order valence-corrected chi connectivity index (χ2v) is 5.15. The maximum atomic E-state index is 11.5. The van der Waals surface area contributed by atoms with Crippen LogP contribution in [0.2, 0.25) is 0 Å². The summed E-state index contributed by atoms with van der Waals surface area (Å²) >= 11 is 0. The van der Waals surface area contributed by atoms with Gasteiger partial charge in [0.1, 0.15) is 11.5 Å². The van der Waals surface area contributed by atoms with Gasteiger partial charge in [0.05, 0.1) is 39.6 Å². The fourth-order valence-electron chi connectivity index (χ4n) is 2.09. The fourth-order valence-corrected chi connectivity index (χ4v) is 2.09. The van der Waals surface area contributed by atoms with Crippen LogP contribution in [0.15, 0.2) is 24.3 Å². The third kappa shape index (κ3) is 5.56. The highest BCUT2D eigenvalue weighted by Crippen LogP contribution is 2.31. The number of hydrogen-bond acceptors (Lipinski definition) is 9. The molecule has 2 aromatic rings. The lowest BCUT2D eigenvalue weighted by Crippen LogP contribution is -2.06. The van der Waals surface area contributed by atoms with Crippen LogP contribution in [0.4, 0.5) is 0 Å². The average Bonchev–Trinajstić information content (AvgIpc) is 2.70. The van der Waals surface area contributed by atoms with Crippen molar-refractivity contribution in [1.29, 1.82) is 0 Å². The van der Waals surface area contributed by atoms with Gasteiger partial charge in [-0.05, 0) is 18.6 Å². The number of ether oxygens (including phenoxy) is 5. The van der Waals surface area contributed by atoms with Gasteiger partial charge in [0.2, 0.25) is 11.8 Å². The van der Waals surface area contributed by atoms with Gasteiger partial charge in [-0.3, -0.25) is 9.59 Å². The smallest absolute Gasteiger partial charge is 0.328 e. The van der Waals surface area contributed by atoms with Crippen molar-refractivity contribution in [3.8, 4) is 29.3 Å². The molecule has 2 rings (SSSR count). The van der Waals surface area contributed by atoms with Crippen LogP contribution in [0.1, 0.15) is 23.2 Å². The van der Waals surface area contributed by atoms with Crippen LogP contribution in [0.3, 0.4) is 0 Å². The van der Waals surface area contributed by atoms with E-state index in [1.165, 1.54) is 27.4 Å². The molecule has 0 fully saturated rings. The summed E-state index contributed by atoms with van der Waals surface area (Å²) in [7, 11) is 4.22. The van der Waals surface area contributed by atoms with Gasteiger partial charge in [-0.2, -0.15) is 9.97 Å². The van der Waals surface area contributed by atoms with Crippen molar-refractivity contribution in [3.05, 3.63) is 29.8 Å². The van der Waals surface area contributed by atoms with Crippen LogP contribution in [0.5, 0.6) is 29.3 Å². The Morgan fingerprint density at radius 1 is 1.07 bits per heavy atom. The number of benzene rings is 1. The van der Waals surface area contributed by atoms with E-state index < -0.39 is 0 Å². The Morgan fingerprint density at radius 3 is 2.33 bits per heavy atom. The molecule has 9 heteroatoms. The normalized spacial score (nSPS) is 10.0. The topological polar surface area (TPSA) is 106 Å². The SMILES string of the molecule is COC(=O)CCCOc1cccc(Oc2nc(OC)cc(OC)n2)c1C=O. The Labute approximate surface area is 156 Å². The molecule has 0 amide bonds. The Hall–Kier alpha value is -3.36. The molecule has 144 valence electrons. The molecule has 0 saturated carbocycles. The highest BCUT2D eigenvalue weighted by atomic mass is 16.5. The summed E-state index contributed by atoms with van der Waals surface area (Å²) in [5, 5.41) is 0. The van der Waals surface area contributed by atoms with E-state index in [4.69, 9.17) is 18.9 Å². The van der Waals surface area contributed by atoms with Gasteiger partial charge in [-0.25, -0.2) is 0 Å². The van der Waals surface area contributed by atoms with Crippen molar-refractivity contribution in [2.75, 3.05) is 27.9 Å². The summed E-state index contributed by atoms with van der Waals surface area (Å²) in [6.07, 6.45) is 1.29. The van der Waals surface area contributed by atoms with Crippen LogP contribution in [0.25, 0.3) is 0 Å². The molecule has 0 unspecified atom stereocenters. The number of carbonyl (C=O) groups excluding carboxylic acids is 2. The van der Waals surface area contributed by atoms with Gasteiger partial charge in [0.15, 0.2) is 6.29 Å². The zero-order valence-corrected chi connectivity index (χ0v) is 15.3. The predicted octanol–water partition coefficient (Wildman–Crippen LogP) is 2.43. The molecule has 1 aromatic heterocycles. The summed E-state index contributed by atoms with van der Waals surface area (Å²) < 4.78 is 25.9.